The van der Waals surface area contributed by atoms with Crippen molar-refractivity contribution in [2.75, 3.05) is 12.4 Å². The standard InChI is InChI=1S/C11H13NO3/c1-11(2)9-7(12-10(13)15-11)5-4-6-8(9)14-3/h4-6H,1-3H3,(H,12,13). The van der Waals surface area contributed by atoms with Crippen LogP contribution < -0.4 is 10.1 Å². The minimum absolute atomic E-state index is 0.430. The summed E-state index contributed by atoms with van der Waals surface area (Å²) in [5.41, 5.74) is 0.951. The van der Waals surface area contributed by atoms with Crippen LogP contribution in [0.1, 0.15) is 19.4 Å². The van der Waals surface area contributed by atoms with Crippen molar-refractivity contribution in [3.63, 3.8) is 0 Å². The quantitative estimate of drug-likeness (QED) is 0.769. The summed E-state index contributed by atoms with van der Waals surface area (Å²) in [6.45, 7) is 3.68. The van der Waals surface area contributed by atoms with Crippen molar-refractivity contribution in [1.29, 1.82) is 0 Å². The van der Waals surface area contributed by atoms with Crippen LogP contribution in [0.3, 0.4) is 0 Å². The van der Waals surface area contributed by atoms with Crippen LogP contribution in [0.5, 0.6) is 5.75 Å². The topological polar surface area (TPSA) is 47.6 Å². The Hall–Kier alpha value is -1.71. The van der Waals surface area contributed by atoms with Gasteiger partial charge in [0.15, 0.2) is 0 Å². The molecule has 1 aromatic carbocycles. The van der Waals surface area contributed by atoms with E-state index < -0.39 is 11.7 Å². The van der Waals surface area contributed by atoms with Gasteiger partial charge in [-0.15, -0.1) is 0 Å². The predicted molar refractivity (Wildman–Crippen MR) is 56.1 cm³/mol. The number of carbonyl (C=O) groups excluding carboxylic acids is 1. The van der Waals surface area contributed by atoms with E-state index in [1.165, 1.54) is 0 Å². The predicted octanol–water partition coefficient (Wildman–Crippen LogP) is 2.49. The molecule has 0 atom stereocenters. The number of fused-ring (bicyclic) bond motifs is 1. The third-order valence-corrected chi connectivity index (χ3v) is 2.43. The number of hydrogen-bond donors (Lipinski definition) is 1. The van der Waals surface area contributed by atoms with Crippen LogP contribution in [0.4, 0.5) is 10.5 Å². The first-order valence-corrected chi connectivity index (χ1v) is 4.72. The van der Waals surface area contributed by atoms with Crippen molar-refractivity contribution in [1.82, 2.24) is 0 Å². The monoisotopic (exact) mass is 207 g/mol. The molecule has 0 saturated heterocycles. The number of carbonyl (C=O) groups is 1. The Morgan fingerprint density at radius 1 is 1.40 bits per heavy atom. The lowest BCUT2D eigenvalue weighted by molar-refractivity contribution is 0.0401. The average Bonchev–Trinajstić information content (AvgIpc) is 2.14. The van der Waals surface area contributed by atoms with Gasteiger partial charge >= 0.3 is 6.09 Å². The molecule has 0 radical (unpaired) electrons. The van der Waals surface area contributed by atoms with Crippen LogP contribution in [0, 0.1) is 0 Å². The van der Waals surface area contributed by atoms with Crippen molar-refractivity contribution >= 4 is 11.8 Å². The van der Waals surface area contributed by atoms with Gasteiger partial charge in [-0.1, -0.05) is 6.07 Å². The SMILES string of the molecule is COc1cccc2c1C(C)(C)OC(=O)N2. The fraction of sp³-hybridized carbons (Fsp3) is 0.364. The Morgan fingerprint density at radius 2 is 2.13 bits per heavy atom. The Labute approximate surface area is 88.2 Å². The van der Waals surface area contributed by atoms with Crippen LogP contribution in [0.25, 0.3) is 0 Å². The summed E-state index contributed by atoms with van der Waals surface area (Å²) in [4.78, 5) is 11.3. The van der Waals surface area contributed by atoms with Crippen molar-refractivity contribution < 1.29 is 14.3 Å². The molecule has 0 unspecified atom stereocenters. The highest BCUT2D eigenvalue weighted by molar-refractivity contribution is 5.89. The second-order valence-corrected chi connectivity index (χ2v) is 3.91. The van der Waals surface area contributed by atoms with E-state index in [0.29, 0.717) is 0 Å². The van der Waals surface area contributed by atoms with Crippen molar-refractivity contribution in [3.05, 3.63) is 23.8 Å². The van der Waals surface area contributed by atoms with E-state index in [4.69, 9.17) is 9.47 Å². The van der Waals surface area contributed by atoms with Crippen molar-refractivity contribution in [2.24, 2.45) is 0 Å². The minimum atomic E-state index is -0.662. The van der Waals surface area contributed by atoms with E-state index in [1.54, 1.807) is 7.11 Å². The maximum absolute atomic E-state index is 11.3. The molecular weight excluding hydrogens is 194 g/mol. The first-order valence-electron chi connectivity index (χ1n) is 4.72. The lowest BCUT2D eigenvalue weighted by Crippen LogP contribution is -2.35. The molecule has 1 aliphatic rings. The van der Waals surface area contributed by atoms with E-state index in [0.717, 1.165) is 17.0 Å². The fourth-order valence-corrected chi connectivity index (χ4v) is 1.84. The third-order valence-electron chi connectivity index (χ3n) is 2.43. The first-order chi connectivity index (χ1) is 7.04. The van der Waals surface area contributed by atoms with Crippen LogP contribution in [0.15, 0.2) is 18.2 Å². The van der Waals surface area contributed by atoms with E-state index in [9.17, 15) is 4.79 Å². The number of anilines is 1. The summed E-state index contributed by atoms with van der Waals surface area (Å²) in [5.74, 6) is 0.720. The number of cyclic esters (lactones) is 1. The van der Waals surface area contributed by atoms with Gasteiger partial charge in [-0.25, -0.2) is 4.79 Å². The van der Waals surface area contributed by atoms with Crippen molar-refractivity contribution in [2.45, 2.75) is 19.4 Å². The molecule has 15 heavy (non-hydrogen) atoms. The molecule has 1 amide bonds. The Kier molecular flexibility index (Phi) is 2.07. The summed E-state index contributed by atoms with van der Waals surface area (Å²) in [6.07, 6.45) is -0.430. The summed E-state index contributed by atoms with van der Waals surface area (Å²) in [6, 6.07) is 5.51. The summed E-state index contributed by atoms with van der Waals surface area (Å²) < 4.78 is 10.5. The number of ether oxygens (including phenoxy) is 2. The van der Waals surface area contributed by atoms with Gasteiger partial charge in [0.2, 0.25) is 0 Å². The highest BCUT2D eigenvalue weighted by Gasteiger charge is 2.35. The van der Waals surface area contributed by atoms with E-state index in [1.807, 2.05) is 32.0 Å². The van der Waals surface area contributed by atoms with Gasteiger partial charge in [0.1, 0.15) is 11.4 Å². The summed E-state index contributed by atoms with van der Waals surface area (Å²) in [5, 5.41) is 2.65. The van der Waals surface area contributed by atoms with Gasteiger partial charge in [0, 0.05) is 0 Å². The molecule has 1 aromatic rings. The summed E-state index contributed by atoms with van der Waals surface area (Å²) in [7, 11) is 1.60. The molecular formula is C11H13NO3. The number of amides is 1. The molecule has 0 aromatic heterocycles. The molecule has 0 fully saturated rings. The fourth-order valence-electron chi connectivity index (χ4n) is 1.84. The second-order valence-electron chi connectivity index (χ2n) is 3.91. The molecule has 4 nitrogen and oxygen atoms in total. The smallest absolute Gasteiger partial charge is 0.412 e. The Morgan fingerprint density at radius 3 is 2.80 bits per heavy atom. The van der Waals surface area contributed by atoms with E-state index >= 15 is 0 Å². The minimum Gasteiger partial charge on any atom is -0.496 e. The lowest BCUT2D eigenvalue weighted by atomic mass is 9.94. The van der Waals surface area contributed by atoms with E-state index in [-0.39, 0.29) is 0 Å². The van der Waals surface area contributed by atoms with Crippen molar-refractivity contribution in [3.8, 4) is 5.75 Å². The normalized spacial score (nSPS) is 17.4. The van der Waals surface area contributed by atoms with Crippen LogP contribution in [-0.2, 0) is 10.3 Å². The average molecular weight is 207 g/mol. The molecule has 80 valence electrons. The molecule has 0 spiro atoms. The van der Waals surface area contributed by atoms with Gasteiger partial charge in [0.25, 0.3) is 0 Å². The van der Waals surface area contributed by atoms with E-state index in [2.05, 4.69) is 5.32 Å². The van der Waals surface area contributed by atoms with Crippen LogP contribution in [0.2, 0.25) is 0 Å². The largest absolute Gasteiger partial charge is 0.496 e. The number of hydrogen-bond acceptors (Lipinski definition) is 3. The molecule has 2 rings (SSSR count). The lowest BCUT2D eigenvalue weighted by Gasteiger charge is -2.33. The number of rotatable bonds is 1. The van der Waals surface area contributed by atoms with Gasteiger partial charge in [-0.2, -0.15) is 0 Å². The number of nitrogens with one attached hydrogen (secondary N) is 1. The van der Waals surface area contributed by atoms with Crippen LogP contribution >= 0.6 is 0 Å². The third kappa shape index (κ3) is 1.52. The molecule has 4 heteroatoms. The number of benzene rings is 1. The Bertz CT molecular complexity index is 412. The number of methoxy groups -OCH3 is 1. The molecule has 1 aliphatic heterocycles. The molecule has 1 N–H and O–H groups in total. The molecule has 1 heterocycles. The highest BCUT2D eigenvalue weighted by atomic mass is 16.6. The highest BCUT2D eigenvalue weighted by Crippen LogP contribution is 2.41. The molecule has 0 aliphatic carbocycles. The maximum Gasteiger partial charge on any atom is 0.412 e. The molecule has 0 saturated carbocycles. The Balaban J connectivity index is 2.62. The van der Waals surface area contributed by atoms with Gasteiger partial charge in [-0.05, 0) is 26.0 Å². The van der Waals surface area contributed by atoms with Gasteiger partial charge in [0.05, 0.1) is 18.4 Å². The second kappa shape index (κ2) is 3.15. The van der Waals surface area contributed by atoms with Gasteiger partial charge < -0.3 is 9.47 Å². The zero-order valence-electron chi connectivity index (χ0n) is 8.96. The van der Waals surface area contributed by atoms with Crippen LogP contribution in [-0.4, -0.2) is 13.2 Å². The first kappa shape index (κ1) is 9.83. The maximum atomic E-state index is 11.3. The van der Waals surface area contributed by atoms with Gasteiger partial charge in [-0.3, -0.25) is 5.32 Å². The zero-order valence-corrected chi connectivity index (χ0v) is 8.96. The molecule has 0 bridgehead atoms. The zero-order chi connectivity index (χ0) is 11.1. The summed E-state index contributed by atoms with van der Waals surface area (Å²) >= 11 is 0.